The second kappa shape index (κ2) is 3.69. The Morgan fingerprint density at radius 2 is 1.74 bits per heavy atom. The van der Waals surface area contributed by atoms with Gasteiger partial charge >= 0.3 is 0 Å². The first-order valence-electron chi connectivity index (χ1n) is 6.84. The van der Waals surface area contributed by atoms with E-state index < -0.39 is 0 Å². The maximum absolute atomic E-state index is 10.7. The van der Waals surface area contributed by atoms with Gasteiger partial charge in [0.1, 0.15) is 0 Å². The van der Waals surface area contributed by atoms with E-state index in [1.807, 2.05) is 0 Å². The van der Waals surface area contributed by atoms with Gasteiger partial charge in [-0.1, -0.05) is 48.5 Å². The second-order valence-corrected chi connectivity index (χ2v) is 5.87. The van der Waals surface area contributed by atoms with Crippen molar-refractivity contribution >= 4 is 0 Å². The molecule has 0 saturated carbocycles. The van der Waals surface area contributed by atoms with Crippen LogP contribution in [-0.2, 0) is 18.4 Å². The minimum atomic E-state index is -0.298. The zero-order valence-electron chi connectivity index (χ0n) is 11.0. The van der Waals surface area contributed by atoms with E-state index in [2.05, 4.69) is 55.5 Å². The van der Waals surface area contributed by atoms with Gasteiger partial charge in [-0.2, -0.15) is 5.06 Å². The van der Waals surface area contributed by atoms with E-state index in [1.54, 1.807) is 5.06 Å². The van der Waals surface area contributed by atoms with Crippen molar-refractivity contribution in [1.82, 2.24) is 5.06 Å². The number of nitrogens with zero attached hydrogens (tertiary/aromatic N) is 1. The minimum absolute atomic E-state index is 0.0878. The SMILES string of the molecule is CC12Cc3ccccc3CC(c3ccccc31)N2O. The average Bonchev–Trinajstić information content (AvgIpc) is 2.56. The van der Waals surface area contributed by atoms with Crippen molar-refractivity contribution in [2.75, 3.05) is 0 Å². The summed E-state index contributed by atoms with van der Waals surface area (Å²) < 4.78 is 0. The van der Waals surface area contributed by atoms with Crippen LogP contribution in [0.25, 0.3) is 0 Å². The monoisotopic (exact) mass is 251 g/mol. The van der Waals surface area contributed by atoms with Crippen molar-refractivity contribution in [2.45, 2.75) is 31.3 Å². The van der Waals surface area contributed by atoms with E-state index in [4.69, 9.17) is 0 Å². The van der Waals surface area contributed by atoms with Crippen molar-refractivity contribution < 1.29 is 5.21 Å². The van der Waals surface area contributed by atoms with Gasteiger partial charge in [-0.25, -0.2) is 0 Å². The van der Waals surface area contributed by atoms with Gasteiger partial charge in [-0.3, -0.25) is 0 Å². The number of benzene rings is 2. The summed E-state index contributed by atoms with van der Waals surface area (Å²) in [7, 11) is 0. The Hall–Kier alpha value is -1.64. The minimum Gasteiger partial charge on any atom is -0.313 e. The quantitative estimate of drug-likeness (QED) is 0.775. The lowest BCUT2D eigenvalue weighted by molar-refractivity contribution is -0.188. The molecule has 0 saturated heterocycles. The Morgan fingerprint density at radius 3 is 2.58 bits per heavy atom. The number of hydroxylamine groups is 2. The topological polar surface area (TPSA) is 23.5 Å². The second-order valence-electron chi connectivity index (χ2n) is 5.87. The molecule has 2 heteroatoms. The number of fused-ring (bicyclic) bond motifs is 6. The summed E-state index contributed by atoms with van der Waals surface area (Å²) in [4.78, 5) is 0. The van der Waals surface area contributed by atoms with Crippen LogP contribution in [0.3, 0.4) is 0 Å². The fourth-order valence-electron chi connectivity index (χ4n) is 3.76. The van der Waals surface area contributed by atoms with Crippen LogP contribution < -0.4 is 0 Å². The lowest BCUT2D eigenvalue weighted by atomic mass is 9.82. The summed E-state index contributed by atoms with van der Waals surface area (Å²) in [5.41, 5.74) is 4.98. The molecular weight excluding hydrogens is 234 g/mol. The fraction of sp³-hybridized carbons (Fsp3) is 0.294. The van der Waals surface area contributed by atoms with E-state index in [0.29, 0.717) is 0 Å². The van der Waals surface area contributed by atoms with E-state index in [9.17, 15) is 5.21 Å². The summed E-state index contributed by atoms with van der Waals surface area (Å²) in [6, 6.07) is 17.1. The molecular formula is C17H17NO. The van der Waals surface area contributed by atoms with Crippen LogP contribution in [0.2, 0.25) is 0 Å². The molecule has 2 aliphatic rings. The van der Waals surface area contributed by atoms with Crippen LogP contribution in [0.15, 0.2) is 48.5 Å². The summed E-state index contributed by atoms with van der Waals surface area (Å²) >= 11 is 0. The fourth-order valence-corrected chi connectivity index (χ4v) is 3.76. The maximum atomic E-state index is 10.7. The van der Waals surface area contributed by atoms with Crippen LogP contribution >= 0.6 is 0 Å². The van der Waals surface area contributed by atoms with Crippen molar-refractivity contribution in [2.24, 2.45) is 0 Å². The molecule has 4 rings (SSSR count). The van der Waals surface area contributed by atoms with Crippen molar-refractivity contribution in [3.8, 4) is 0 Å². The van der Waals surface area contributed by atoms with Crippen molar-refractivity contribution in [3.05, 3.63) is 70.8 Å². The molecule has 1 N–H and O–H groups in total. The Bertz CT molecular complexity index is 651. The molecule has 0 amide bonds. The first-order chi connectivity index (χ1) is 9.20. The van der Waals surface area contributed by atoms with Gasteiger partial charge in [-0.15, -0.1) is 0 Å². The zero-order chi connectivity index (χ0) is 13.0. The molecule has 2 nitrogen and oxygen atoms in total. The van der Waals surface area contributed by atoms with E-state index >= 15 is 0 Å². The highest BCUT2D eigenvalue weighted by molar-refractivity contribution is 5.46. The largest absolute Gasteiger partial charge is 0.313 e. The van der Waals surface area contributed by atoms with E-state index in [1.165, 1.54) is 22.3 Å². The first kappa shape index (κ1) is 11.2. The predicted octanol–water partition coefficient (Wildman–Crippen LogP) is 3.45. The molecule has 2 bridgehead atoms. The third-order valence-corrected chi connectivity index (χ3v) is 4.77. The molecule has 0 aliphatic carbocycles. The average molecular weight is 251 g/mol. The molecule has 2 heterocycles. The molecule has 96 valence electrons. The highest BCUT2D eigenvalue weighted by atomic mass is 16.5. The van der Waals surface area contributed by atoms with Crippen LogP contribution in [-0.4, -0.2) is 10.3 Å². The Kier molecular flexibility index (Phi) is 2.17. The summed E-state index contributed by atoms with van der Waals surface area (Å²) in [5.74, 6) is 0. The molecule has 0 fully saturated rings. The van der Waals surface area contributed by atoms with E-state index in [-0.39, 0.29) is 11.6 Å². The number of rotatable bonds is 0. The molecule has 0 aromatic heterocycles. The van der Waals surface area contributed by atoms with Gasteiger partial charge in [0, 0.05) is 0 Å². The van der Waals surface area contributed by atoms with Crippen molar-refractivity contribution in [1.29, 1.82) is 0 Å². The standard InChI is InChI=1S/C17H17NO/c1-17-11-13-7-3-2-6-12(13)10-16(18(17)19)14-8-4-5-9-15(14)17/h2-9,16,19H,10-11H2,1H3. The predicted molar refractivity (Wildman–Crippen MR) is 74.0 cm³/mol. The normalized spacial score (nSPS) is 28.6. The Morgan fingerprint density at radius 1 is 1.05 bits per heavy atom. The Balaban J connectivity index is 1.95. The lowest BCUT2D eigenvalue weighted by Gasteiger charge is -2.32. The van der Waals surface area contributed by atoms with Crippen molar-refractivity contribution in [3.63, 3.8) is 0 Å². The van der Waals surface area contributed by atoms with Crippen LogP contribution in [0.1, 0.15) is 35.2 Å². The molecule has 0 spiro atoms. The van der Waals surface area contributed by atoms with Crippen LogP contribution in [0.4, 0.5) is 0 Å². The zero-order valence-corrected chi connectivity index (χ0v) is 11.0. The first-order valence-corrected chi connectivity index (χ1v) is 6.84. The summed E-state index contributed by atoms with van der Waals surface area (Å²) in [6.45, 7) is 2.15. The maximum Gasteiger partial charge on any atom is 0.0731 e. The molecule has 19 heavy (non-hydrogen) atoms. The molecule has 2 aromatic rings. The molecule has 2 unspecified atom stereocenters. The van der Waals surface area contributed by atoms with Gasteiger partial charge in [-0.05, 0) is 42.0 Å². The molecule has 2 atom stereocenters. The molecule has 0 radical (unpaired) electrons. The number of hydrogen-bond acceptors (Lipinski definition) is 2. The summed E-state index contributed by atoms with van der Waals surface area (Å²) in [6.07, 6.45) is 1.76. The molecule has 2 aromatic carbocycles. The Labute approximate surface area is 113 Å². The van der Waals surface area contributed by atoms with Crippen LogP contribution in [0.5, 0.6) is 0 Å². The smallest absolute Gasteiger partial charge is 0.0731 e. The van der Waals surface area contributed by atoms with Gasteiger partial charge in [0.25, 0.3) is 0 Å². The third-order valence-electron chi connectivity index (χ3n) is 4.77. The third kappa shape index (κ3) is 1.38. The lowest BCUT2D eigenvalue weighted by Crippen LogP contribution is -2.38. The molecule has 2 aliphatic heterocycles. The summed E-state index contributed by atoms with van der Waals surface area (Å²) in [5, 5.41) is 12.3. The number of hydrogen-bond donors (Lipinski definition) is 1. The highest BCUT2D eigenvalue weighted by Crippen LogP contribution is 2.50. The van der Waals surface area contributed by atoms with E-state index in [0.717, 1.165) is 12.8 Å². The van der Waals surface area contributed by atoms with Gasteiger partial charge < -0.3 is 5.21 Å². The highest BCUT2D eigenvalue weighted by Gasteiger charge is 2.48. The van der Waals surface area contributed by atoms with Gasteiger partial charge in [0.05, 0.1) is 11.6 Å². The van der Waals surface area contributed by atoms with Crippen LogP contribution in [0, 0.1) is 0 Å². The van der Waals surface area contributed by atoms with Gasteiger partial charge in [0.2, 0.25) is 0 Å². The van der Waals surface area contributed by atoms with Gasteiger partial charge in [0.15, 0.2) is 0 Å².